The standard InChI is InChI=1S/C13H15ClN2O/c1-9(2)15-8-12-7-13(17-16-12)10-3-5-11(14)6-4-10/h3-7,9,15H,8H2,1-2H3. The van der Waals surface area contributed by atoms with Crippen molar-refractivity contribution in [2.75, 3.05) is 0 Å². The summed E-state index contributed by atoms with van der Waals surface area (Å²) >= 11 is 5.83. The molecule has 0 bridgehead atoms. The summed E-state index contributed by atoms with van der Waals surface area (Å²) in [4.78, 5) is 0. The number of aromatic nitrogens is 1. The van der Waals surface area contributed by atoms with Crippen LogP contribution in [0, 0.1) is 0 Å². The lowest BCUT2D eigenvalue weighted by molar-refractivity contribution is 0.417. The Morgan fingerprint density at radius 3 is 2.65 bits per heavy atom. The smallest absolute Gasteiger partial charge is 0.167 e. The lowest BCUT2D eigenvalue weighted by Crippen LogP contribution is -2.21. The monoisotopic (exact) mass is 250 g/mol. The molecule has 0 saturated carbocycles. The highest BCUT2D eigenvalue weighted by Gasteiger charge is 2.06. The Bertz CT molecular complexity index is 476. The number of hydrogen-bond acceptors (Lipinski definition) is 3. The summed E-state index contributed by atoms with van der Waals surface area (Å²) in [6, 6.07) is 9.89. The average molecular weight is 251 g/mol. The van der Waals surface area contributed by atoms with Crippen molar-refractivity contribution in [2.24, 2.45) is 0 Å². The van der Waals surface area contributed by atoms with E-state index in [1.54, 1.807) is 0 Å². The van der Waals surface area contributed by atoms with Crippen LogP contribution in [0.2, 0.25) is 5.02 Å². The van der Waals surface area contributed by atoms with Crippen LogP contribution in [0.25, 0.3) is 11.3 Å². The van der Waals surface area contributed by atoms with Crippen molar-refractivity contribution in [3.63, 3.8) is 0 Å². The molecule has 3 nitrogen and oxygen atoms in total. The molecular formula is C13H15ClN2O. The van der Waals surface area contributed by atoms with Gasteiger partial charge < -0.3 is 9.84 Å². The summed E-state index contributed by atoms with van der Waals surface area (Å²) < 4.78 is 5.29. The van der Waals surface area contributed by atoms with Gasteiger partial charge in [-0.1, -0.05) is 30.6 Å². The van der Waals surface area contributed by atoms with Crippen molar-refractivity contribution < 1.29 is 4.52 Å². The second kappa shape index (κ2) is 5.34. The lowest BCUT2D eigenvalue weighted by atomic mass is 10.1. The molecule has 0 saturated heterocycles. The molecule has 0 aliphatic heterocycles. The second-order valence-electron chi connectivity index (χ2n) is 4.22. The van der Waals surface area contributed by atoms with Gasteiger partial charge in [-0.2, -0.15) is 0 Å². The van der Waals surface area contributed by atoms with Crippen molar-refractivity contribution >= 4 is 11.6 Å². The van der Waals surface area contributed by atoms with Crippen molar-refractivity contribution in [3.05, 3.63) is 41.0 Å². The Morgan fingerprint density at radius 1 is 1.29 bits per heavy atom. The summed E-state index contributed by atoms with van der Waals surface area (Å²) in [6.45, 7) is 4.91. The Balaban J connectivity index is 2.10. The zero-order valence-corrected chi connectivity index (χ0v) is 10.7. The number of nitrogens with zero attached hydrogens (tertiary/aromatic N) is 1. The fraction of sp³-hybridized carbons (Fsp3) is 0.308. The predicted octanol–water partition coefficient (Wildman–Crippen LogP) is 3.49. The summed E-state index contributed by atoms with van der Waals surface area (Å²) in [7, 11) is 0. The van der Waals surface area contributed by atoms with Crippen LogP contribution in [-0.4, -0.2) is 11.2 Å². The summed E-state index contributed by atoms with van der Waals surface area (Å²) in [5.41, 5.74) is 1.89. The number of rotatable bonds is 4. The molecule has 0 aliphatic rings. The molecule has 2 rings (SSSR count). The molecule has 1 aromatic carbocycles. The SMILES string of the molecule is CC(C)NCc1cc(-c2ccc(Cl)cc2)on1. The van der Waals surface area contributed by atoms with Crippen LogP contribution in [0.5, 0.6) is 0 Å². The van der Waals surface area contributed by atoms with Crippen molar-refractivity contribution in [1.82, 2.24) is 10.5 Å². The third kappa shape index (κ3) is 3.32. The van der Waals surface area contributed by atoms with Gasteiger partial charge in [0.05, 0.1) is 5.69 Å². The zero-order valence-electron chi connectivity index (χ0n) is 9.90. The average Bonchev–Trinajstić information content (AvgIpc) is 2.76. The van der Waals surface area contributed by atoms with Crippen LogP contribution in [0.4, 0.5) is 0 Å². The van der Waals surface area contributed by atoms with Gasteiger partial charge in [-0.15, -0.1) is 0 Å². The number of benzene rings is 1. The van der Waals surface area contributed by atoms with E-state index >= 15 is 0 Å². The molecule has 0 atom stereocenters. The molecule has 0 fully saturated rings. The van der Waals surface area contributed by atoms with Gasteiger partial charge in [-0.25, -0.2) is 0 Å². The predicted molar refractivity (Wildman–Crippen MR) is 68.9 cm³/mol. The largest absolute Gasteiger partial charge is 0.356 e. The summed E-state index contributed by atoms with van der Waals surface area (Å²) in [5.74, 6) is 0.766. The van der Waals surface area contributed by atoms with E-state index in [1.807, 2.05) is 30.3 Å². The van der Waals surface area contributed by atoms with Gasteiger partial charge in [-0.3, -0.25) is 0 Å². The van der Waals surface area contributed by atoms with Crippen LogP contribution in [0.3, 0.4) is 0 Å². The van der Waals surface area contributed by atoms with Crippen molar-refractivity contribution in [1.29, 1.82) is 0 Å². The molecule has 4 heteroatoms. The molecule has 0 radical (unpaired) electrons. The van der Waals surface area contributed by atoms with E-state index in [0.717, 1.165) is 28.6 Å². The van der Waals surface area contributed by atoms with Crippen molar-refractivity contribution in [3.8, 4) is 11.3 Å². The van der Waals surface area contributed by atoms with Crippen LogP contribution in [0.1, 0.15) is 19.5 Å². The van der Waals surface area contributed by atoms with Crippen LogP contribution in [-0.2, 0) is 6.54 Å². The van der Waals surface area contributed by atoms with Gasteiger partial charge in [0, 0.05) is 29.2 Å². The highest BCUT2D eigenvalue weighted by molar-refractivity contribution is 6.30. The Kier molecular flexibility index (Phi) is 3.82. The molecule has 90 valence electrons. The molecule has 2 aromatic rings. The highest BCUT2D eigenvalue weighted by Crippen LogP contribution is 2.22. The van der Waals surface area contributed by atoms with E-state index in [0.29, 0.717) is 6.04 Å². The first kappa shape index (κ1) is 12.1. The number of halogens is 1. The first-order valence-electron chi connectivity index (χ1n) is 5.60. The number of nitrogens with one attached hydrogen (secondary N) is 1. The molecular weight excluding hydrogens is 236 g/mol. The van der Waals surface area contributed by atoms with E-state index in [9.17, 15) is 0 Å². The first-order valence-corrected chi connectivity index (χ1v) is 5.98. The minimum absolute atomic E-state index is 0.436. The molecule has 0 amide bonds. The maximum atomic E-state index is 5.83. The molecule has 0 unspecified atom stereocenters. The molecule has 1 heterocycles. The van der Waals surface area contributed by atoms with Gasteiger partial charge in [0.1, 0.15) is 0 Å². The first-order chi connectivity index (χ1) is 8.15. The maximum absolute atomic E-state index is 5.83. The maximum Gasteiger partial charge on any atom is 0.167 e. The minimum atomic E-state index is 0.436. The van der Waals surface area contributed by atoms with E-state index in [1.165, 1.54) is 0 Å². The molecule has 0 aliphatic carbocycles. The van der Waals surface area contributed by atoms with E-state index in [4.69, 9.17) is 16.1 Å². The van der Waals surface area contributed by atoms with E-state index < -0.39 is 0 Å². The Morgan fingerprint density at radius 2 is 2.00 bits per heavy atom. The fourth-order valence-electron chi connectivity index (χ4n) is 1.45. The van der Waals surface area contributed by atoms with Gasteiger partial charge in [0.25, 0.3) is 0 Å². The topological polar surface area (TPSA) is 38.1 Å². The Hall–Kier alpha value is -1.32. The van der Waals surface area contributed by atoms with Crippen molar-refractivity contribution in [2.45, 2.75) is 26.4 Å². The van der Waals surface area contributed by atoms with Crippen LogP contribution >= 0.6 is 11.6 Å². The van der Waals surface area contributed by atoms with Crippen LogP contribution in [0.15, 0.2) is 34.9 Å². The van der Waals surface area contributed by atoms with Gasteiger partial charge in [-0.05, 0) is 24.3 Å². The molecule has 17 heavy (non-hydrogen) atoms. The van der Waals surface area contributed by atoms with Crippen LogP contribution < -0.4 is 5.32 Å². The Labute approximate surface area is 106 Å². The third-order valence-corrected chi connectivity index (χ3v) is 2.63. The normalized spacial score (nSPS) is 11.1. The molecule has 1 aromatic heterocycles. The van der Waals surface area contributed by atoms with Gasteiger partial charge in [0.15, 0.2) is 5.76 Å². The molecule has 1 N–H and O–H groups in total. The summed E-state index contributed by atoms with van der Waals surface area (Å²) in [6.07, 6.45) is 0. The number of hydrogen-bond donors (Lipinski definition) is 1. The summed E-state index contributed by atoms with van der Waals surface area (Å²) in [5, 5.41) is 8.03. The lowest BCUT2D eigenvalue weighted by Gasteiger charge is -2.03. The van der Waals surface area contributed by atoms with E-state index in [2.05, 4.69) is 24.3 Å². The zero-order chi connectivity index (χ0) is 12.3. The van der Waals surface area contributed by atoms with E-state index in [-0.39, 0.29) is 0 Å². The minimum Gasteiger partial charge on any atom is -0.356 e. The fourth-order valence-corrected chi connectivity index (χ4v) is 1.58. The molecule has 0 spiro atoms. The quantitative estimate of drug-likeness (QED) is 0.903. The second-order valence-corrected chi connectivity index (χ2v) is 4.66. The van der Waals surface area contributed by atoms with Gasteiger partial charge in [0.2, 0.25) is 0 Å². The van der Waals surface area contributed by atoms with Gasteiger partial charge >= 0.3 is 0 Å². The highest BCUT2D eigenvalue weighted by atomic mass is 35.5. The third-order valence-electron chi connectivity index (χ3n) is 2.38.